The fourth-order valence-corrected chi connectivity index (χ4v) is 4.96. The molecule has 3 aromatic rings. The van der Waals surface area contributed by atoms with Crippen LogP contribution < -0.4 is 10.6 Å². The van der Waals surface area contributed by atoms with Gasteiger partial charge in [-0.1, -0.05) is 51.1 Å². The first-order valence-corrected chi connectivity index (χ1v) is 12.9. The van der Waals surface area contributed by atoms with Crippen molar-refractivity contribution >= 4 is 57.0 Å². The van der Waals surface area contributed by atoms with Gasteiger partial charge in [0.1, 0.15) is 12.4 Å². The van der Waals surface area contributed by atoms with Gasteiger partial charge in [-0.05, 0) is 28.7 Å². The average Bonchev–Trinajstić information content (AvgIpc) is 3.18. The molecule has 0 spiro atoms. The second kappa shape index (κ2) is 9.30. The molecule has 9 nitrogen and oxygen atoms in total. The number of carbonyl (C=O) groups is 4. The van der Waals surface area contributed by atoms with E-state index in [9.17, 15) is 19.2 Å². The quantitative estimate of drug-likeness (QED) is 0.554. The summed E-state index contributed by atoms with van der Waals surface area (Å²) in [7, 11) is 0. The number of hydrogen-bond acceptors (Lipinski definition) is 5. The minimum atomic E-state index is -1.10. The highest BCUT2D eigenvalue weighted by Crippen LogP contribution is 2.25. The molecule has 1 aromatic heterocycles. The van der Waals surface area contributed by atoms with Crippen molar-refractivity contribution in [1.82, 2.24) is 14.7 Å². The van der Waals surface area contributed by atoms with Gasteiger partial charge in [-0.25, -0.2) is 21.2 Å². The van der Waals surface area contributed by atoms with Crippen LogP contribution in [-0.4, -0.2) is 49.9 Å². The summed E-state index contributed by atoms with van der Waals surface area (Å²) in [6, 6.07) is 14.7. The molecule has 4 rings (SSSR count). The number of urea groups is 1. The van der Waals surface area contributed by atoms with E-state index in [4.69, 9.17) is 0 Å². The van der Waals surface area contributed by atoms with Gasteiger partial charge in [-0.2, -0.15) is 5.10 Å². The van der Waals surface area contributed by atoms with Crippen LogP contribution in [0.25, 0.3) is 10.8 Å². The summed E-state index contributed by atoms with van der Waals surface area (Å²) in [6.45, 7) is 5.91. The van der Waals surface area contributed by atoms with Crippen LogP contribution in [0.4, 0.5) is 16.3 Å². The highest BCUT2D eigenvalue weighted by Gasteiger charge is 2.31. The Balaban J connectivity index is 1.53. The molecule has 1 aliphatic rings. The van der Waals surface area contributed by atoms with Crippen LogP contribution in [0.5, 0.6) is 0 Å². The number of nitrogens with one attached hydrogen (secondary N) is 2. The molecule has 2 N–H and O–H groups in total. The first-order chi connectivity index (χ1) is 16.1. The van der Waals surface area contributed by atoms with Gasteiger partial charge >= 0.3 is 11.9 Å². The lowest BCUT2D eigenvalue weighted by atomic mass is 9.92. The molecule has 34 heavy (non-hydrogen) atoms. The van der Waals surface area contributed by atoms with Gasteiger partial charge < -0.3 is 5.32 Å². The third-order valence-electron chi connectivity index (χ3n) is 5.65. The molecule has 1 aliphatic heterocycles. The molecule has 10 heteroatoms. The molecule has 4 amide bonds. The summed E-state index contributed by atoms with van der Waals surface area (Å²) in [5, 5.41) is 11.7. The predicted octanol–water partition coefficient (Wildman–Crippen LogP) is 2.54. The summed E-state index contributed by atoms with van der Waals surface area (Å²) in [5.74, 6) is -0.341. The molecule has 0 unspecified atom stereocenters. The zero-order valence-corrected chi connectivity index (χ0v) is 20.8. The van der Waals surface area contributed by atoms with Crippen molar-refractivity contribution in [2.24, 2.45) is 0 Å². The maximum absolute atomic E-state index is 12.8. The summed E-state index contributed by atoms with van der Waals surface area (Å²) < 4.78 is 1.37. The van der Waals surface area contributed by atoms with Gasteiger partial charge in [0.05, 0.1) is 5.69 Å². The number of benzene rings is 2. The number of hydrogen-bond donors (Lipinski definition) is 2. The summed E-state index contributed by atoms with van der Waals surface area (Å²) in [5.41, 5.74) is 0.966. The van der Waals surface area contributed by atoms with Crippen LogP contribution >= 0.6 is 11.8 Å². The van der Waals surface area contributed by atoms with Crippen molar-refractivity contribution < 1.29 is 19.2 Å². The molecule has 2 heterocycles. The molecule has 1 saturated heterocycles. The van der Waals surface area contributed by atoms with Crippen molar-refractivity contribution in [3.63, 3.8) is 0 Å². The van der Waals surface area contributed by atoms with Gasteiger partial charge in [0, 0.05) is 23.7 Å². The number of carbonyl (C=O) groups excluding carboxylic acids is 4. The summed E-state index contributed by atoms with van der Waals surface area (Å²) in [4.78, 5) is 50.5. The highest BCUT2D eigenvalue weighted by molar-refractivity contribution is 8.15. The average molecular weight is 484 g/mol. The van der Waals surface area contributed by atoms with Gasteiger partial charge in [0.15, 0.2) is 0 Å². The van der Waals surface area contributed by atoms with Crippen molar-refractivity contribution in [1.29, 1.82) is 0 Å². The lowest BCUT2D eigenvalue weighted by Gasteiger charge is -2.25. The Morgan fingerprint density at radius 1 is 1.03 bits per heavy atom. The number of amides is 4. The van der Waals surface area contributed by atoms with E-state index in [0.717, 1.165) is 15.7 Å². The zero-order valence-electron chi connectivity index (χ0n) is 19.4. The van der Waals surface area contributed by atoms with Crippen LogP contribution in [0.3, 0.4) is 0 Å². The Hall–Kier alpha value is -3.66. The molecule has 0 atom stereocenters. The Kier molecular flexibility index (Phi) is 6.43. The van der Waals surface area contributed by atoms with Crippen molar-refractivity contribution in [3.8, 4) is 0 Å². The highest BCUT2D eigenvalue weighted by atomic mass is 32.2. The topological polar surface area (TPSA) is 113 Å². The molecule has 0 radical (unpaired) electrons. The van der Waals surface area contributed by atoms with Crippen LogP contribution in [0.1, 0.15) is 26.5 Å². The number of rotatable bonds is 4. The summed E-state index contributed by atoms with van der Waals surface area (Å²) >= 11 is -1.10. The number of nitrogens with zero attached hydrogens (tertiary/aromatic N) is 3. The molecule has 180 valence electrons. The Bertz CT molecular complexity index is 1290. The monoisotopic (exact) mass is 483 g/mol. The van der Waals surface area contributed by atoms with E-state index in [-0.39, 0.29) is 18.5 Å². The largest absolute Gasteiger partial charge is 0.324 e. The molecule has 0 bridgehead atoms. The van der Waals surface area contributed by atoms with Gasteiger partial charge in [0.25, 0.3) is 5.91 Å². The van der Waals surface area contributed by atoms with E-state index in [0.29, 0.717) is 23.0 Å². The third-order valence-corrected chi connectivity index (χ3v) is 7.08. The first-order valence-electron chi connectivity index (χ1n) is 11.1. The first kappa shape index (κ1) is 23.5. The second-order valence-corrected chi connectivity index (χ2v) is 11.2. The molecule has 0 saturated carbocycles. The second-order valence-electron chi connectivity index (χ2n) is 9.34. The molecular weight excluding hydrogens is 454 g/mol. The van der Waals surface area contributed by atoms with E-state index in [1.165, 1.54) is 4.68 Å². The number of fused-ring (bicyclic) bond motifs is 1. The number of aromatic nitrogens is 2. The van der Waals surface area contributed by atoms with Gasteiger partial charge in [-0.15, -0.1) is 0 Å². The van der Waals surface area contributed by atoms with Crippen molar-refractivity contribution in [2.45, 2.75) is 32.7 Å². The van der Waals surface area contributed by atoms with Crippen LogP contribution in [-0.2, 0) is 26.3 Å². The minimum absolute atomic E-state index is 0.258. The number of anilines is 2. The Labute approximate surface area is 200 Å². The Morgan fingerprint density at radius 3 is 2.50 bits per heavy atom. The van der Waals surface area contributed by atoms with E-state index in [1.54, 1.807) is 6.07 Å². The van der Waals surface area contributed by atoms with E-state index >= 15 is 0 Å². The molecule has 0 aliphatic carbocycles. The van der Waals surface area contributed by atoms with E-state index < -0.39 is 34.7 Å². The van der Waals surface area contributed by atoms with Crippen molar-refractivity contribution in [3.05, 3.63) is 54.2 Å². The minimum Gasteiger partial charge on any atom is -0.308 e. The SMILES string of the molecule is CC(C)(C)c1cc(NC(=O)Nc2ccc3ccccc3c2)n(CC(=O)N2CC[SH4]C(=O)C2=O)n1. The zero-order chi connectivity index (χ0) is 24.5. The fraction of sp³-hybridized carbons (Fsp3) is 0.292. The standard InChI is InChI=1S/C24H29N5O4S/c1-24(2,3)18-13-19(29(27-18)14-20(30)28-10-11-34-22(32)21(28)31)26-23(33)25-17-9-8-15-6-4-5-7-16(15)12-17/h4-9,12-13H,10-11,14H2,1-3H3,34H4,(H2,25,26,33). The Morgan fingerprint density at radius 2 is 1.76 bits per heavy atom. The fourth-order valence-electron chi connectivity index (χ4n) is 3.76. The van der Waals surface area contributed by atoms with E-state index in [1.807, 2.05) is 63.2 Å². The molecular formula is C24H29N5O4S. The van der Waals surface area contributed by atoms with E-state index in [2.05, 4.69) is 15.7 Å². The summed E-state index contributed by atoms with van der Waals surface area (Å²) in [6.07, 6.45) is 0. The molecule has 2 aromatic carbocycles. The maximum atomic E-state index is 12.8. The molecule has 1 fully saturated rings. The lowest BCUT2D eigenvalue weighted by molar-refractivity contribution is -0.149. The van der Waals surface area contributed by atoms with Crippen LogP contribution in [0.2, 0.25) is 0 Å². The third kappa shape index (κ3) is 5.12. The number of imide groups is 1. The van der Waals surface area contributed by atoms with Crippen LogP contribution in [0, 0.1) is 0 Å². The lowest BCUT2D eigenvalue weighted by Crippen LogP contribution is -2.46. The van der Waals surface area contributed by atoms with Crippen LogP contribution in [0.15, 0.2) is 48.5 Å². The maximum Gasteiger partial charge on any atom is 0.324 e. The normalized spacial score (nSPS) is 14.6. The van der Waals surface area contributed by atoms with Gasteiger partial charge in [0.2, 0.25) is 5.12 Å². The predicted molar refractivity (Wildman–Crippen MR) is 137 cm³/mol. The smallest absolute Gasteiger partial charge is 0.308 e. The van der Waals surface area contributed by atoms with Crippen molar-refractivity contribution in [2.75, 3.05) is 22.9 Å². The van der Waals surface area contributed by atoms with Gasteiger partial charge in [-0.3, -0.25) is 24.6 Å².